The number of ether oxygens (including phenoxy) is 1. The van der Waals surface area contributed by atoms with Crippen molar-refractivity contribution in [2.45, 2.75) is 31.3 Å². The lowest BCUT2D eigenvalue weighted by molar-refractivity contribution is -0.274. The first kappa shape index (κ1) is 19.5. The molecule has 0 spiro atoms. The molecule has 1 saturated carbocycles. The highest BCUT2D eigenvalue weighted by atomic mass is 35.5. The zero-order valence-corrected chi connectivity index (χ0v) is 15.5. The smallest absolute Gasteiger partial charge is 0.406 e. The van der Waals surface area contributed by atoms with Crippen LogP contribution in [0.4, 0.5) is 19.0 Å². The topological polar surface area (TPSA) is 76.4 Å². The second-order valence-corrected chi connectivity index (χ2v) is 7.13. The number of hydrogen-bond acceptors (Lipinski definition) is 5. The number of nitrogens with zero attached hydrogens (tertiary/aromatic N) is 2. The first-order valence-corrected chi connectivity index (χ1v) is 9.11. The van der Waals surface area contributed by atoms with E-state index >= 15 is 0 Å². The zero-order chi connectivity index (χ0) is 20.8. The average Bonchev–Trinajstić information content (AvgIpc) is 2.60. The summed E-state index contributed by atoms with van der Waals surface area (Å²) < 4.78 is 43.2. The van der Waals surface area contributed by atoms with Crippen molar-refractivity contribution in [2.75, 3.05) is 5.32 Å². The molecule has 0 radical (unpaired) electrons. The molecule has 0 bridgehead atoms. The number of aliphatic hydroxyl groups excluding tert-OH is 1. The fraction of sp³-hybridized carbons (Fsp3) is 0.263. The maximum Gasteiger partial charge on any atom is 0.573 e. The summed E-state index contributed by atoms with van der Waals surface area (Å²) in [5, 5.41) is 13.2. The van der Waals surface area contributed by atoms with Crippen molar-refractivity contribution < 1.29 is 23.0 Å². The van der Waals surface area contributed by atoms with Gasteiger partial charge in [-0.3, -0.25) is 4.57 Å². The summed E-state index contributed by atoms with van der Waals surface area (Å²) in [6.45, 7) is 0. The Kier molecular flexibility index (Phi) is 4.87. The molecule has 2 aromatic carbocycles. The number of aliphatic hydroxyl groups is 1. The number of hydrogen-bond donors (Lipinski definition) is 2. The van der Waals surface area contributed by atoms with Gasteiger partial charge >= 0.3 is 12.1 Å². The third kappa shape index (κ3) is 4.01. The molecule has 0 saturated heterocycles. The van der Waals surface area contributed by atoms with E-state index in [2.05, 4.69) is 15.0 Å². The second kappa shape index (κ2) is 7.23. The standard InChI is InChI=1S/C19H15ClF3N3O3/c20-14-3-1-2-4-15(14)26-16-9-12(29-19(21,22)23)5-6-13(16)17(25-18(26)28)24-10-7-11(27)8-10/h1-6,9-11,27H,7-8H2,(H,24,25,28)/t10-,11-. The first-order valence-electron chi connectivity index (χ1n) is 8.73. The number of alkyl halides is 3. The molecule has 2 N–H and O–H groups in total. The van der Waals surface area contributed by atoms with Gasteiger partial charge in [0.05, 0.1) is 22.3 Å². The van der Waals surface area contributed by atoms with Gasteiger partial charge in [-0.15, -0.1) is 13.2 Å². The van der Waals surface area contributed by atoms with E-state index in [0.717, 1.165) is 16.7 Å². The van der Waals surface area contributed by atoms with Crippen LogP contribution in [0.3, 0.4) is 0 Å². The molecule has 4 rings (SSSR count). The van der Waals surface area contributed by atoms with Crippen LogP contribution < -0.4 is 15.7 Å². The van der Waals surface area contributed by atoms with Gasteiger partial charge in [0, 0.05) is 17.5 Å². The maximum atomic E-state index is 12.8. The summed E-state index contributed by atoms with van der Waals surface area (Å²) >= 11 is 6.21. The summed E-state index contributed by atoms with van der Waals surface area (Å²) in [4.78, 5) is 16.9. The molecule has 1 aliphatic carbocycles. The van der Waals surface area contributed by atoms with Crippen molar-refractivity contribution >= 4 is 28.3 Å². The van der Waals surface area contributed by atoms with Gasteiger partial charge in [0.2, 0.25) is 0 Å². The van der Waals surface area contributed by atoms with Crippen LogP contribution in [0, 0.1) is 0 Å². The molecule has 152 valence electrons. The van der Waals surface area contributed by atoms with Crippen LogP contribution in [0.2, 0.25) is 5.02 Å². The van der Waals surface area contributed by atoms with Crippen molar-refractivity contribution in [3.63, 3.8) is 0 Å². The third-order valence-electron chi connectivity index (χ3n) is 4.64. The van der Waals surface area contributed by atoms with E-state index in [9.17, 15) is 23.1 Å². The highest BCUT2D eigenvalue weighted by Crippen LogP contribution is 2.32. The molecular weight excluding hydrogens is 411 g/mol. The Bertz CT molecular complexity index is 1130. The van der Waals surface area contributed by atoms with E-state index < -0.39 is 23.9 Å². The van der Waals surface area contributed by atoms with Gasteiger partial charge in [0.1, 0.15) is 11.6 Å². The zero-order valence-electron chi connectivity index (χ0n) is 14.8. The maximum absolute atomic E-state index is 12.8. The second-order valence-electron chi connectivity index (χ2n) is 6.72. The van der Waals surface area contributed by atoms with Gasteiger partial charge in [0.15, 0.2) is 0 Å². The number of nitrogens with one attached hydrogen (secondary N) is 1. The Morgan fingerprint density at radius 2 is 1.93 bits per heavy atom. The molecule has 6 nitrogen and oxygen atoms in total. The molecule has 1 aliphatic rings. The molecule has 0 aliphatic heterocycles. The largest absolute Gasteiger partial charge is 0.573 e. The van der Waals surface area contributed by atoms with Crippen molar-refractivity contribution in [3.8, 4) is 11.4 Å². The first-order chi connectivity index (χ1) is 13.7. The summed E-state index contributed by atoms with van der Waals surface area (Å²) in [7, 11) is 0. The summed E-state index contributed by atoms with van der Waals surface area (Å²) in [6.07, 6.45) is -4.31. The molecule has 3 aromatic rings. The number of halogens is 4. The lowest BCUT2D eigenvalue weighted by atomic mass is 9.89. The van der Waals surface area contributed by atoms with E-state index in [1.165, 1.54) is 6.07 Å². The highest BCUT2D eigenvalue weighted by Gasteiger charge is 2.32. The van der Waals surface area contributed by atoms with Crippen LogP contribution in [0.25, 0.3) is 16.6 Å². The van der Waals surface area contributed by atoms with E-state index in [4.69, 9.17) is 11.6 Å². The molecule has 0 amide bonds. The quantitative estimate of drug-likeness (QED) is 0.663. The minimum absolute atomic E-state index is 0.0811. The summed E-state index contributed by atoms with van der Waals surface area (Å²) in [5.41, 5.74) is -0.272. The number of aromatic nitrogens is 2. The van der Waals surface area contributed by atoms with Gasteiger partial charge in [-0.1, -0.05) is 23.7 Å². The van der Waals surface area contributed by atoms with Gasteiger partial charge in [-0.2, -0.15) is 4.98 Å². The Balaban J connectivity index is 1.91. The van der Waals surface area contributed by atoms with E-state index in [0.29, 0.717) is 18.2 Å². The van der Waals surface area contributed by atoms with Crippen LogP contribution in [-0.4, -0.2) is 33.2 Å². The number of para-hydroxylation sites is 1. The fourth-order valence-corrected chi connectivity index (χ4v) is 3.50. The minimum atomic E-state index is -4.88. The minimum Gasteiger partial charge on any atom is -0.406 e. The van der Waals surface area contributed by atoms with Crippen molar-refractivity contribution in [1.82, 2.24) is 9.55 Å². The van der Waals surface area contributed by atoms with Gasteiger partial charge in [-0.05, 0) is 37.1 Å². The molecule has 0 unspecified atom stereocenters. The Morgan fingerprint density at radius 3 is 2.59 bits per heavy atom. The van der Waals surface area contributed by atoms with Crippen molar-refractivity contribution in [2.24, 2.45) is 0 Å². The van der Waals surface area contributed by atoms with Gasteiger partial charge in [-0.25, -0.2) is 4.79 Å². The Morgan fingerprint density at radius 1 is 1.21 bits per heavy atom. The van der Waals surface area contributed by atoms with Crippen LogP contribution in [0.1, 0.15) is 12.8 Å². The van der Waals surface area contributed by atoms with Crippen molar-refractivity contribution in [3.05, 3.63) is 58.0 Å². The number of benzene rings is 2. The molecule has 1 aromatic heterocycles. The van der Waals surface area contributed by atoms with E-state index in [1.807, 2.05) is 0 Å². The highest BCUT2D eigenvalue weighted by molar-refractivity contribution is 6.32. The van der Waals surface area contributed by atoms with Gasteiger partial charge < -0.3 is 15.2 Å². The van der Waals surface area contributed by atoms with Crippen LogP contribution in [0.15, 0.2) is 47.3 Å². The number of rotatable bonds is 4. The fourth-order valence-electron chi connectivity index (χ4n) is 3.28. The monoisotopic (exact) mass is 425 g/mol. The SMILES string of the molecule is O=c1nc(N[C@H]2C[C@H](O)C2)c2ccc(OC(F)(F)F)cc2n1-c1ccccc1Cl. The van der Waals surface area contributed by atoms with Crippen molar-refractivity contribution in [1.29, 1.82) is 0 Å². The number of anilines is 1. The molecule has 1 fully saturated rings. The van der Waals surface area contributed by atoms with Gasteiger partial charge in [0.25, 0.3) is 0 Å². The molecule has 1 heterocycles. The number of fused-ring (bicyclic) bond motifs is 1. The van der Waals surface area contributed by atoms with E-state index in [-0.39, 0.29) is 28.1 Å². The third-order valence-corrected chi connectivity index (χ3v) is 4.96. The molecular formula is C19H15ClF3N3O3. The lowest BCUT2D eigenvalue weighted by Gasteiger charge is -2.32. The summed E-state index contributed by atoms with van der Waals surface area (Å²) in [5.74, 6) is -0.245. The average molecular weight is 426 g/mol. The molecule has 29 heavy (non-hydrogen) atoms. The predicted octanol–water partition coefficient (Wildman–Crippen LogP) is 3.87. The van der Waals surface area contributed by atoms with Crippen LogP contribution >= 0.6 is 11.6 Å². The predicted molar refractivity (Wildman–Crippen MR) is 102 cm³/mol. The molecule has 10 heteroatoms. The summed E-state index contributed by atoms with van der Waals surface area (Å²) in [6, 6.07) is 10.0. The van der Waals surface area contributed by atoms with Crippen LogP contribution in [0.5, 0.6) is 5.75 Å². The lowest BCUT2D eigenvalue weighted by Crippen LogP contribution is -2.39. The molecule has 0 atom stereocenters. The normalized spacial score (nSPS) is 19.1. The van der Waals surface area contributed by atoms with Crippen LogP contribution in [-0.2, 0) is 0 Å². The Labute approximate surface area is 167 Å². The van der Waals surface area contributed by atoms with E-state index in [1.54, 1.807) is 24.3 Å². The Hall–Kier alpha value is -2.78.